The van der Waals surface area contributed by atoms with Crippen molar-refractivity contribution in [2.75, 3.05) is 23.4 Å². The number of fused-ring (bicyclic) bond motifs is 1. The van der Waals surface area contributed by atoms with Crippen molar-refractivity contribution < 1.29 is 9.50 Å². The third kappa shape index (κ3) is 3.32. The monoisotopic (exact) mass is 352 g/mol. The van der Waals surface area contributed by atoms with Crippen LogP contribution in [0, 0.1) is 5.82 Å². The number of anilines is 2. The van der Waals surface area contributed by atoms with Crippen molar-refractivity contribution in [3.05, 3.63) is 59.9 Å². The first-order valence-corrected chi connectivity index (χ1v) is 8.87. The van der Waals surface area contributed by atoms with E-state index < -0.39 is 0 Å². The van der Waals surface area contributed by atoms with E-state index in [2.05, 4.69) is 10.2 Å². The lowest BCUT2D eigenvalue weighted by Crippen LogP contribution is -2.33. The summed E-state index contributed by atoms with van der Waals surface area (Å²) in [4.78, 5) is 11.5. The van der Waals surface area contributed by atoms with E-state index in [0.29, 0.717) is 12.5 Å². The maximum absolute atomic E-state index is 13.1. The topological polar surface area (TPSA) is 61.3 Å². The summed E-state index contributed by atoms with van der Waals surface area (Å²) in [5, 5.41) is 13.9. The van der Waals surface area contributed by atoms with Crippen molar-refractivity contribution in [1.82, 2.24) is 9.97 Å². The Bertz CT molecular complexity index is 900. The summed E-state index contributed by atoms with van der Waals surface area (Å²) >= 11 is 0. The zero-order valence-corrected chi connectivity index (χ0v) is 14.4. The van der Waals surface area contributed by atoms with Gasteiger partial charge in [0.05, 0.1) is 18.2 Å². The van der Waals surface area contributed by atoms with Crippen LogP contribution in [0.5, 0.6) is 0 Å². The number of para-hydroxylation sites is 1. The molecule has 0 amide bonds. The van der Waals surface area contributed by atoms with Crippen molar-refractivity contribution in [3.63, 3.8) is 0 Å². The largest absolute Gasteiger partial charge is 0.394 e. The molecule has 1 aliphatic rings. The Morgan fingerprint density at radius 3 is 2.73 bits per heavy atom. The summed E-state index contributed by atoms with van der Waals surface area (Å²) in [5.74, 6) is 1.15. The number of rotatable bonds is 5. The number of benzene rings is 2. The van der Waals surface area contributed by atoms with Gasteiger partial charge in [-0.3, -0.25) is 0 Å². The van der Waals surface area contributed by atoms with Crippen molar-refractivity contribution in [2.24, 2.45) is 0 Å². The van der Waals surface area contributed by atoms with Crippen LogP contribution >= 0.6 is 0 Å². The molecule has 6 heteroatoms. The zero-order valence-electron chi connectivity index (χ0n) is 14.4. The molecule has 1 atom stereocenters. The highest BCUT2D eigenvalue weighted by molar-refractivity contribution is 5.90. The van der Waals surface area contributed by atoms with Gasteiger partial charge in [-0.1, -0.05) is 24.3 Å². The molecule has 0 spiro atoms. The number of nitrogens with zero attached hydrogens (tertiary/aromatic N) is 3. The molecular formula is C20H21FN4O. The number of nitrogens with one attached hydrogen (secondary N) is 1. The highest BCUT2D eigenvalue weighted by Crippen LogP contribution is 2.28. The Morgan fingerprint density at radius 2 is 1.92 bits per heavy atom. The Hall–Kier alpha value is -2.73. The fourth-order valence-corrected chi connectivity index (χ4v) is 3.40. The minimum absolute atomic E-state index is 0.0705. The van der Waals surface area contributed by atoms with Crippen LogP contribution in [0.1, 0.15) is 18.4 Å². The van der Waals surface area contributed by atoms with E-state index in [0.717, 1.165) is 41.7 Å². The normalized spacial score (nSPS) is 17.0. The predicted octanol–water partition coefficient (Wildman–Crippen LogP) is 3.34. The third-order valence-corrected chi connectivity index (χ3v) is 4.81. The lowest BCUT2D eigenvalue weighted by molar-refractivity contribution is 0.265. The standard InChI is InChI=1S/C20H21FN4O/c21-15-9-7-14(8-10-15)12-22-19-17-5-1-2-6-18(17)23-20(24-19)25-11-3-4-16(25)13-26/h1-2,5-10,16,26H,3-4,11-13H2,(H,22,23,24)/t16-/m0/s1. The van der Waals surface area contributed by atoms with E-state index >= 15 is 0 Å². The number of aliphatic hydroxyl groups excluding tert-OH is 1. The molecule has 1 saturated heterocycles. The van der Waals surface area contributed by atoms with Gasteiger partial charge in [0.2, 0.25) is 5.95 Å². The second-order valence-electron chi connectivity index (χ2n) is 6.54. The molecule has 1 fully saturated rings. The molecule has 2 aromatic carbocycles. The molecule has 0 radical (unpaired) electrons. The number of aliphatic hydroxyl groups is 1. The molecule has 0 unspecified atom stereocenters. The number of aromatic nitrogens is 2. The molecule has 5 nitrogen and oxygen atoms in total. The molecular weight excluding hydrogens is 331 g/mol. The lowest BCUT2D eigenvalue weighted by Gasteiger charge is -2.24. The number of hydrogen-bond donors (Lipinski definition) is 2. The van der Waals surface area contributed by atoms with Gasteiger partial charge in [0.1, 0.15) is 11.6 Å². The summed E-state index contributed by atoms with van der Waals surface area (Å²) in [6, 6.07) is 14.4. The van der Waals surface area contributed by atoms with E-state index in [-0.39, 0.29) is 18.5 Å². The van der Waals surface area contributed by atoms with Gasteiger partial charge in [0.25, 0.3) is 0 Å². The van der Waals surface area contributed by atoms with Gasteiger partial charge in [-0.05, 0) is 42.7 Å². The second-order valence-corrected chi connectivity index (χ2v) is 6.54. The minimum Gasteiger partial charge on any atom is -0.394 e. The average molecular weight is 352 g/mol. The van der Waals surface area contributed by atoms with Crippen LogP contribution in [0.2, 0.25) is 0 Å². The number of halogens is 1. The van der Waals surface area contributed by atoms with Crippen molar-refractivity contribution in [2.45, 2.75) is 25.4 Å². The van der Waals surface area contributed by atoms with Crippen molar-refractivity contribution in [1.29, 1.82) is 0 Å². The molecule has 26 heavy (non-hydrogen) atoms. The van der Waals surface area contributed by atoms with Crippen LogP contribution in [-0.4, -0.2) is 34.3 Å². The van der Waals surface area contributed by atoms with E-state index in [1.54, 1.807) is 12.1 Å². The Balaban J connectivity index is 1.66. The lowest BCUT2D eigenvalue weighted by atomic mass is 10.2. The molecule has 0 bridgehead atoms. The van der Waals surface area contributed by atoms with E-state index in [4.69, 9.17) is 9.97 Å². The quantitative estimate of drug-likeness (QED) is 0.737. The Morgan fingerprint density at radius 1 is 1.12 bits per heavy atom. The first-order valence-electron chi connectivity index (χ1n) is 8.87. The highest BCUT2D eigenvalue weighted by atomic mass is 19.1. The van der Waals surface area contributed by atoms with Gasteiger partial charge in [0, 0.05) is 18.5 Å². The Kier molecular flexibility index (Phi) is 4.67. The zero-order chi connectivity index (χ0) is 17.9. The molecule has 0 saturated carbocycles. The Labute approximate surface area is 151 Å². The first kappa shape index (κ1) is 16.7. The molecule has 3 aromatic rings. The van der Waals surface area contributed by atoms with Crippen LogP contribution in [0.15, 0.2) is 48.5 Å². The molecule has 1 aliphatic heterocycles. The van der Waals surface area contributed by atoms with Crippen molar-refractivity contribution in [3.8, 4) is 0 Å². The molecule has 2 N–H and O–H groups in total. The smallest absolute Gasteiger partial charge is 0.228 e. The van der Waals surface area contributed by atoms with Gasteiger partial charge < -0.3 is 15.3 Å². The predicted molar refractivity (Wildman–Crippen MR) is 101 cm³/mol. The summed E-state index contributed by atoms with van der Waals surface area (Å²) in [7, 11) is 0. The van der Waals surface area contributed by atoms with E-state index in [9.17, 15) is 9.50 Å². The van der Waals surface area contributed by atoms with Crippen LogP contribution in [-0.2, 0) is 6.54 Å². The van der Waals surface area contributed by atoms with Gasteiger partial charge in [-0.15, -0.1) is 0 Å². The molecule has 0 aliphatic carbocycles. The molecule has 2 heterocycles. The maximum atomic E-state index is 13.1. The van der Waals surface area contributed by atoms with Gasteiger partial charge >= 0.3 is 0 Å². The summed E-state index contributed by atoms with van der Waals surface area (Å²) < 4.78 is 13.1. The second kappa shape index (κ2) is 7.25. The van der Waals surface area contributed by atoms with Crippen LogP contribution in [0.4, 0.5) is 16.2 Å². The molecule has 1 aromatic heterocycles. The van der Waals surface area contributed by atoms with Crippen LogP contribution in [0.3, 0.4) is 0 Å². The third-order valence-electron chi connectivity index (χ3n) is 4.81. The van der Waals surface area contributed by atoms with E-state index in [1.165, 1.54) is 12.1 Å². The van der Waals surface area contributed by atoms with Crippen LogP contribution < -0.4 is 10.2 Å². The minimum atomic E-state index is -0.243. The average Bonchev–Trinajstić information content (AvgIpc) is 3.16. The summed E-state index contributed by atoms with van der Waals surface area (Å²) in [6.45, 7) is 1.50. The fraction of sp³-hybridized carbons (Fsp3) is 0.300. The van der Waals surface area contributed by atoms with Gasteiger partial charge in [-0.25, -0.2) is 9.37 Å². The van der Waals surface area contributed by atoms with Gasteiger partial charge in [-0.2, -0.15) is 4.98 Å². The van der Waals surface area contributed by atoms with Crippen LogP contribution in [0.25, 0.3) is 10.9 Å². The van der Waals surface area contributed by atoms with E-state index in [1.807, 2.05) is 24.3 Å². The van der Waals surface area contributed by atoms with Crippen molar-refractivity contribution >= 4 is 22.7 Å². The van der Waals surface area contributed by atoms with Gasteiger partial charge in [0.15, 0.2) is 0 Å². The maximum Gasteiger partial charge on any atom is 0.228 e. The molecule has 4 rings (SSSR count). The molecule has 134 valence electrons. The first-order chi connectivity index (χ1) is 12.7. The number of hydrogen-bond acceptors (Lipinski definition) is 5. The highest BCUT2D eigenvalue weighted by Gasteiger charge is 2.26. The summed E-state index contributed by atoms with van der Waals surface area (Å²) in [5.41, 5.74) is 1.84. The SMILES string of the molecule is OC[C@@H]1CCCN1c1nc(NCc2ccc(F)cc2)c2ccccc2n1. The summed E-state index contributed by atoms with van der Waals surface area (Å²) in [6.07, 6.45) is 1.98. The fourth-order valence-electron chi connectivity index (χ4n) is 3.40.